The lowest BCUT2D eigenvalue weighted by Crippen LogP contribution is -1.84. The van der Waals surface area contributed by atoms with E-state index in [1.54, 1.807) is 0 Å². The summed E-state index contributed by atoms with van der Waals surface area (Å²) < 4.78 is 1.08. The number of hydrogen-bond acceptors (Lipinski definition) is 1. The van der Waals surface area contributed by atoms with Crippen LogP contribution in [0.2, 0.25) is 0 Å². The second kappa shape index (κ2) is 4.62. The van der Waals surface area contributed by atoms with Crippen LogP contribution < -0.4 is 0 Å². The maximum atomic E-state index is 10.6. The van der Waals surface area contributed by atoms with Crippen LogP contribution in [0.3, 0.4) is 0 Å². The normalized spacial score (nSPS) is 10.1. The van der Waals surface area contributed by atoms with Crippen LogP contribution in [0.25, 0.3) is 11.1 Å². The highest BCUT2D eigenvalue weighted by Gasteiger charge is 2.02. The Hall–Kier alpha value is -1.41. The minimum atomic E-state index is 0.707. The molecule has 0 N–H and O–H groups in total. The van der Waals surface area contributed by atoms with E-state index in [2.05, 4.69) is 35.0 Å². The minimum absolute atomic E-state index is 0.707. The van der Waals surface area contributed by atoms with Crippen LogP contribution in [-0.2, 0) is 0 Å². The van der Waals surface area contributed by atoms with Gasteiger partial charge in [0.1, 0.15) is 6.29 Å². The Balaban J connectivity index is 2.46. The molecule has 0 saturated heterocycles. The van der Waals surface area contributed by atoms with E-state index in [9.17, 15) is 4.79 Å². The average molecular weight is 275 g/mol. The van der Waals surface area contributed by atoms with Crippen LogP contribution >= 0.6 is 15.9 Å². The third-order valence-corrected chi connectivity index (χ3v) is 3.04. The number of aldehydes is 1. The number of rotatable bonds is 2. The number of benzene rings is 2. The molecule has 0 fully saturated rings. The van der Waals surface area contributed by atoms with Crippen molar-refractivity contribution in [3.8, 4) is 11.1 Å². The zero-order valence-corrected chi connectivity index (χ0v) is 10.5. The van der Waals surface area contributed by atoms with Gasteiger partial charge in [0.25, 0.3) is 0 Å². The Kier molecular flexibility index (Phi) is 3.20. The van der Waals surface area contributed by atoms with Gasteiger partial charge in [-0.1, -0.05) is 46.3 Å². The molecule has 0 amide bonds. The molecule has 0 aliphatic heterocycles. The van der Waals surface area contributed by atoms with E-state index in [1.807, 2.05) is 30.3 Å². The fraction of sp³-hybridized carbons (Fsp3) is 0.0714. The SMILES string of the molecule is Cc1cc(Br)ccc1-c1ccc(C=O)cc1. The monoisotopic (exact) mass is 274 g/mol. The predicted molar refractivity (Wildman–Crippen MR) is 69.7 cm³/mol. The summed E-state index contributed by atoms with van der Waals surface area (Å²) in [5.41, 5.74) is 4.25. The van der Waals surface area contributed by atoms with Crippen molar-refractivity contribution in [1.29, 1.82) is 0 Å². The van der Waals surface area contributed by atoms with Crippen molar-refractivity contribution in [2.24, 2.45) is 0 Å². The van der Waals surface area contributed by atoms with Crippen molar-refractivity contribution in [3.63, 3.8) is 0 Å². The van der Waals surface area contributed by atoms with Gasteiger partial charge in [-0.05, 0) is 35.7 Å². The summed E-state index contributed by atoms with van der Waals surface area (Å²) in [5.74, 6) is 0. The second-order valence-corrected chi connectivity index (χ2v) is 4.61. The van der Waals surface area contributed by atoms with Crippen LogP contribution in [0.4, 0.5) is 0 Å². The molecule has 2 aromatic rings. The minimum Gasteiger partial charge on any atom is -0.298 e. The maximum Gasteiger partial charge on any atom is 0.150 e. The Morgan fingerprint density at radius 2 is 1.75 bits per heavy atom. The van der Waals surface area contributed by atoms with E-state index >= 15 is 0 Å². The van der Waals surface area contributed by atoms with Gasteiger partial charge in [-0.15, -0.1) is 0 Å². The number of carbonyl (C=O) groups is 1. The van der Waals surface area contributed by atoms with Crippen LogP contribution in [0.15, 0.2) is 46.9 Å². The smallest absolute Gasteiger partial charge is 0.150 e. The molecule has 0 heterocycles. The van der Waals surface area contributed by atoms with Gasteiger partial charge in [-0.2, -0.15) is 0 Å². The van der Waals surface area contributed by atoms with E-state index in [1.165, 1.54) is 11.1 Å². The third-order valence-electron chi connectivity index (χ3n) is 2.55. The summed E-state index contributed by atoms with van der Waals surface area (Å²) in [6, 6.07) is 13.8. The number of hydrogen-bond donors (Lipinski definition) is 0. The van der Waals surface area contributed by atoms with Crippen molar-refractivity contribution in [2.45, 2.75) is 6.92 Å². The summed E-state index contributed by atoms with van der Waals surface area (Å²) in [7, 11) is 0. The highest BCUT2D eigenvalue weighted by atomic mass is 79.9. The van der Waals surface area contributed by atoms with Gasteiger partial charge in [-0.3, -0.25) is 4.79 Å². The van der Waals surface area contributed by atoms with E-state index in [0.717, 1.165) is 16.3 Å². The van der Waals surface area contributed by atoms with Gasteiger partial charge in [0.15, 0.2) is 0 Å². The first-order valence-electron chi connectivity index (χ1n) is 5.02. The molecule has 2 rings (SSSR count). The Labute approximate surface area is 103 Å². The molecule has 0 saturated carbocycles. The molecule has 0 aromatic heterocycles. The van der Waals surface area contributed by atoms with Crippen molar-refractivity contribution < 1.29 is 4.79 Å². The molecule has 0 aliphatic carbocycles. The molecule has 0 atom stereocenters. The van der Waals surface area contributed by atoms with Crippen molar-refractivity contribution in [3.05, 3.63) is 58.1 Å². The number of halogens is 1. The van der Waals surface area contributed by atoms with Gasteiger partial charge >= 0.3 is 0 Å². The highest BCUT2D eigenvalue weighted by Crippen LogP contribution is 2.26. The summed E-state index contributed by atoms with van der Waals surface area (Å²) >= 11 is 3.45. The largest absolute Gasteiger partial charge is 0.298 e. The highest BCUT2D eigenvalue weighted by molar-refractivity contribution is 9.10. The Bertz CT molecular complexity index is 515. The Morgan fingerprint density at radius 3 is 2.31 bits per heavy atom. The van der Waals surface area contributed by atoms with Gasteiger partial charge in [0.05, 0.1) is 0 Å². The molecular formula is C14H11BrO. The summed E-state index contributed by atoms with van der Waals surface area (Å²) in [6.45, 7) is 2.08. The molecule has 2 aromatic carbocycles. The molecule has 0 aliphatic rings. The lowest BCUT2D eigenvalue weighted by molar-refractivity contribution is 0.112. The first-order chi connectivity index (χ1) is 7.70. The van der Waals surface area contributed by atoms with Gasteiger partial charge in [-0.25, -0.2) is 0 Å². The van der Waals surface area contributed by atoms with Crippen molar-refractivity contribution in [2.75, 3.05) is 0 Å². The topological polar surface area (TPSA) is 17.1 Å². The van der Waals surface area contributed by atoms with Gasteiger partial charge in [0, 0.05) is 10.0 Å². The predicted octanol–water partition coefficient (Wildman–Crippen LogP) is 4.24. The van der Waals surface area contributed by atoms with Crippen LogP contribution in [-0.4, -0.2) is 6.29 Å². The summed E-state index contributed by atoms with van der Waals surface area (Å²) in [4.78, 5) is 10.6. The molecule has 16 heavy (non-hydrogen) atoms. The van der Waals surface area contributed by atoms with Crippen molar-refractivity contribution >= 4 is 22.2 Å². The van der Waals surface area contributed by atoms with Crippen molar-refractivity contribution in [1.82, 2.24) is 0 Å². The fourth-order valence-electron chi connectivity index (χ4n) is 1.69. The standard InChI is InChI=1S/C14H11BrO/c1-10-8-13(15)6-7-14(10)12-4-2-11(9-16)3-5-12/h2-9H,1H3. The first-order valence-corrected chi connectivity index (χ1v) is 5.82. The zero-order chi connectivity index (χ0) is 11.5. The number of carbonyl (C=O) groups excluding carboxylic acids is 1. The molecule has 0 spiro atoms. The molecule has 0 radical (unpaired) electrons. The molecule has 1 nitrogen and oxygen atoms in total. The van der Waals surface area contributed by atoms with E-state index in [0.29, 0.717) is 5.56 Å². The summed E-state index contributed by atoms with van der Waals surface area (Å²) in [6.07, 6.45) is 0.859. The summed E-state index contributed by atoms with van der Waals surface area (Å²) in [5, 5.41) is 0. The average Bonchev–Trinajstić information content (AvgIpc) is 2.29. The van der Waals surface area contributed by atoms with Crippen LogP contribution in [0.5, 0.6) is 0 Å². The lowest BCUT2D eigenvalue weighted by atomic mass is 10.00. The van der Waals surface area contributed by atoms with E-state index in [-0.39, 0.29) is 0 Å². The van der Waals surface area contributed by atoms with Gasteiger partial charge < -0.3 is 0 Å². The molecular weight excluding hydrogens is 264 g/mol. The maximum absolute atomic E-state index is 10.6. The molecule has 2 heteroatoms. The number of aryl methyl sites for hydroxylation is 1. The first kappa shape index (κ1) is 11.1. The van der Waals surface area contributed by atoms with E-state index in [4.69, 9.17) is 0 Å². The second-order valence-electron chi connectivity index (χ2n) is 3.70. The van der Waals surface area contributed by atoms with Crippen LogP contribution in [0.1, 0.15) is 15.9 Å². The van der Waals surface area contributed by atoms with E-state index < -0.39 is 0 Å². The van der Waals surface area contributed by atoms with Crippen LogP contribution in [0, 0.1) is 6.92 Å². The molecule has 0 bridgehead atoms. The quantitative estimate of drug-likeness (QED) is 0.749. The van der Waals surface area contributed by atoms with Gasteiger partial charge in [0.2, 0.25) is 0 Å². The third kappa shape index (κ3) is 2.22. The molecule has 0 unspecified atom stereocenters. The lowest BCUT2D eigenvalue weighted by Gasteiger charge is -2.06. The Morgan fingerprint density at radius 1 is 1.06 bits per heavy atom. The zero-order valence-electron chi connectivity index (χ0n) is 8.91. The fourth-order valence-corrected chi connectivity index (χ4v) is 2.17. The molecule has 80 valence electrons.